The second-order valence-electron chi connectivity index (χ2n) is 8.60. The molecular weight excluding hydrogens is 426 g/mol. The van der Waals surface area contributed by atoms with Gasteiger partial charge in [0.15, 0.2) is 11.4 Å². The van der Waals surface area contributed by atoms with Crippen LogP contribution in [0, 0.1) is 11.8 Å². The van der Waals surface area contributed by atoms with Crippen molar-refractivity contribution in [2.75, 3.05) is 4.90 Å². The van der Waals surface area contributed by atoms with Crippen molar-refractivity contribution in [3.63, 3.8) is 0 Å². The molecule has 164 valence electrons. The summed E-state index contributed by atoms with van der Waals surface area (Å²) >= 11 is 0. The summed E-state index contributed by atoms with van der Waals surface area (Å²) in [5.41, 5.74) is 0.238. The molecule has 8 heteroatoms. The molecule has 0 bridgehead atoms. The Hall–Kier alpha value is -4.20. The second kappa shape index (κ2) is 6.41. The normalized spacial score (nSPS) is 27.2. The lowest BCUT2D eigenvalue weighted by molar-refractivity contribution is -0.122. The minimum absolute atomic E-state index is 0.0410. The fourth-order valence-corrected chi connectivity index (χ4v) is 5.10. The van der Waals surface area contributed by atoms with Gasteiger partial charge in [-0.2, -0.15) is 0 Å². The number of rotatable bonds is 1. The third-order valence-corrected chi connectivity index (χ3v) is 6.58. The van der Waals surface area contributed by atoms with Crippen LogP contribution in [0.3, 0.4) is 0 Å². The van der Waals surface area contributed by atoms with E-state index in [1.54, 1.807) is 31.2 Å². The van der Waals surface area contributed by atoms with Crippen LogP contribution in [-0.2, 0) is 24.7 Å². The first-order chi connectivity index (χ1) is 15.8. The predicted molar refractivity (Wildman–Crippen MR) is 113 cm³/mol. The molecule has 4 aliphatic rings. The first-order valence-corrected chi connectivity index (χ1v) is 10.5. The zero-order valence-corrected chi connectivity index (χ0v) is 17.4. The molecule has 2 aromatic carbocycles. The van der Waals surface area contributed by atoms with E-state index in [4.69, 9.17) is 9.47 Å². The molecule has 1 spiro atoms. The van der Waals surface area contributed by atoms with E-state index in [0.717, 1.165) is 4.90 Å². The van der Waals surface area contributed by atoms with Crippen LogP contribution in [0.4, 0.5) is 5.69 Å². The molecule has 1 N–H and O–H groups in total. The highest BCUT2D eigenvalue weighted by atomic mass is 16.6. The number of carbonyl (C=O) groups is 4. The summed E-state index contributed by atoms with van der Waals surface area (Å²) in [4.78, 5) is 51.2. The highest BCUT2D eigenvalue weighted by Crippen LogP contribution is 2.57. The molecular formula is C25H17NO7. The SMILES string of the molecule is CC1CC(=O)N(c2ccc3c(c2)C(=O)OC32c3ccc(O)cc3OC3=CC(=O)C=CC32)C1=O. The summed E-state index contributed by atoms with van der Waals surface area (Å²) in [5, 5.41) is 9.99. The van der Waals surface area contributed by atoms with E-state index in [1.807, 2.05) is 0 Å². The molecule has 33 heavy (non-hydrogen) atoms. The van der Waals surface area contributed by atoms with Gasteiger partial charge < -0.3 is 14.6 Å². The number of anilines is 1. The van der Waals surface area contributed by atoms with Gasteiger partial charge >= 0.3 is 5.97 Å². The van der Waals surface area contributed by atoms with Crippen LogP contribution < -0.4 is 9.64 Å². The van der Waals surface area contributed by atoms with E-state index in [-0.39, 0.29) is 41.1 Å². The molecule has 3 heterocycles. The van der Waals surface area contributed by atoms with E-state index >= 15 is 0 Å². The minimum Gasteiger partial charge on any atom is -0.508 e. The molecule has 0 aromatic heterocycles. The lowest BCUT2D eigenvalue weighted by atomic mass is 9.71. The van der Waals surface area contributed by atoms with Crippen LogP contribution in [0.1, 0.15) is 34.8 Å². The molecule has 3 unspecified atom stereocenters. The van der Waals surface area contributed by atoms with Crippen LogP contribution in [0.15, 0.2) is 60.4 Å². The Morgan fingerprint density at radius 1 is 1.06 bits per heavy atom. The summed E-state index contributed by atoms with van der Waals surface area (Å²) in [6.07, 6.45) is 4.49. The van der Waals surface area contributed by atoms with E-state index in [9.17, 15) is 24.3 Å². The zero-order chi connectivity index (χ0) is 23.1. The topological polar surface area (TPSA) is 110 Å². The number of ether oxygens (including phenoxy) is 2. The summed E-state index contributed by atoms with van der Waals surface area (Å²) in [5.74, 6) is -2.03. The van der Waals surface area contributed by atoms with Crippen molar-refractivity contribution < 1.29 is 33.8 Å². The number of amides is 2. The number of hydrogen-bond acceptors (Lipinski definition) is 7. The maximum atomic E-state index is 13.1. The van der Waals surface area contributed by atoms with Gasteiger partial charge in [0, 0.05) is 35.6 Å². The molecule has 0 saturated carbocycles. The lowest BCUT2D eigenvalue weighted by Crippen LogP contribution is -2.42. The number of esters is 1. The van der Waals surface area contributed by atoms with Gasteiger partial charge in [0.25, 0.3) is 0 Å². The Balaban J connectivity index is 1.57. The molecule has 8 nitrogen and oxygen atoms in total. The van der Waals surface area contributed by atoms with Gasteiger partial charge in [-0.25, -0.2) is 4.79 Å². The standard InChI is InChI=1S/C25H17NO7/c1-12-8-22(29)26(23(12)30)13-2-5-17-16(9-13)24(31)33-25(17)18-6-3-14(27)10-20(18)32-21-11-15(28)4-7-19(21)25/h2-7,9-12,18,28H,8H2,1H3. The Labute approximate surface area is 187 Å². The van der Waals surface area contributed by atoms with E-state index in [1.165, 1.54) is 30.4 Å². The summed E-state index contributed by atoms with van der Waals surface area (Å²) < 4.78 is 11.9. The smallest absolute Gasteiger partial charge is 0.339 e. The molecule has 1 fully saturated rings. The van der Waals surface area contributed by atoms with Gasteiger partial charge in [-0.05, 0) is 30.3 Å². The number of benzene rings is 2. The summed E-state index contributed by atoms with van der Waals surface area (Å²) in [7, 11) is 0. The number of allylic oxidation sites excluding steroid dienone is 2. The Kier molecular flexibility index (Phi) is 3.79. The van der Waals surface area contributed by atoms with Crippen molar-refractivity contribution in [2.24, 2.45) is 11.8 Å². The second-order valence-corrected chi connectivity index (χ2v) is 8.60. The summed E-state index contributed by atoms with van der Waals surface area (Å²) in [6, 6.07) is 9.28. The Morgan fingerprint density at radius 3 is 2.61 bits per heavy atom. The first kappa shape index (κ1) is 19.5. The third kappa shape index (κ3) is 2.51. The highest BCUT2D eigenvalue weighted by Gasteiger charge is 2.58. The van der Waals surface area contributed by atoms with Crippen molar-refractivity contribution in [3.8, 4) is 11.5 Å². The maximum Gasteiger partial charge on any atom is 0.339 e. The largest absolute Gasteiger partial charge is 0.508 e. The van der Waals surface area contributed by atoms with Crippen molar-refractivity contribution in [2.45, 2.75) is 18.9 Å². The average molecular weight is 443 g/mol. The molecule has 1 saturated heterocycles. The molecule has 0 radical (unpaired) electrons. The number of fused-ring (bicyclic) bond motifs is 6. The Morgan fingerprint density at radius 2 is 1.85 bits per heavy atom. The summed E-state index contributed by atoms with van der Waals surface area (Å²) in [6.45, 7) is 1.69. The van der Waals surface area contributed by atoms with E-state index in [0.29, 0.717) is 22.6 Å². The van der Waals surface area contributed by atoms with Gasteiger partial charge in [-0.1, -0.05) is 19.1 Å². The number of ketones is 1. The monoisotopic (exact) mass is 443 g/mol. The van der Waals surface area contributed by atoms with Crippen LogP contribution in [0.5, 0.6) is 11.5 Å². The van der Waals surface area contributed by atoms with Crippen molar-refractivity contribution >= 4 is 29.3 Å². The van der Waals surface area contributed by atoms with Crippen molar-refractivity contribution in [3.05, 3.63) is 77.1 Å². The number of hydrogen-bond donors (Lipinski definition) is 1. The first-order valence-electron chi connectivity index (χ1n) is 10.5. The maximum absolute atomic E-state index is 13.1. The number of phenols is 1. The molecule has 3 atom stereocenters. The van der Waals surface area contributed by atoms with Gasteiger partial charge in [-0.3, -0.25) is 19.3 Å². The van der Waals surface area contributed by atoms with Crippen molar-refractivity contribution in [1.82, 2.24) is 0 Å². The zero-order valence-electron chi connectivity index (χ0n) is 17.4. The number of imide groups is 1. The van der Waals surface area contributed by atoms with Crippen molar-refractivity contribution in [1.29, 1.82) is 0 Å². The van der Waals surface area contributed by atoms with E-state index in [2.05, 4.69) is 0 Å². The van der Waals surface area contributed by atoms with E-state index < -0.39 is 23.4 Å². The van der Waals surface area contributed by atoms with Crippen LogP contribution in [0.2, 0.25) is 0 Å². The molecule has 1 aliphatic carbocycles. The molecule has 2 aromatic rings. The van der Waals surface area contributed by atoms with Crippen LogP contribution in [0.25, 0.3) is 0 Å². The third-order valence-electron chi connectivity index (χ3n) is 6.58. The minimum atomic E-state index is -1.33. The number of nitrogens with zero attached hydrogens (tertiary/aromatic N) is 1. The molecule has 6 rings (SSSR count). The number of aromatic hydroxyl groups is 1. The quantitative estimate of drug-likeness (QED) is 0.533. The molecule has 2 amide bonds. The Bertz CT molecular complexity index is 1370. The van der Waals surface area contributed by atoms with Gasteiger partial charge in [0.1, 0.15) is 17.3 Å². The van der Waals surface area contributed by atoms with Crippen LogP contribution >= 0.6 is 0 Å². The van der Waals surface area contributed by atoms with Gasteiger partial charge in [0.05, 0.1) is 17.2 Å². The van der Waals surface area contributed by atoms with Crippen LogP contribution in [-0.4, -0.2) is 28.7 Å². The lowest BCUT2D eigenvalue weighted by Gasteiger charge is -2.42. The van der Waals surface area contributed by atoms with Gasteiger partial charge in [-0.15, -0.1) is 0 Å². The molecule has 3 aliphatic heterocycles. The predicted octanol–water partition coefficient (Wildman–Crippen LogP) is 2.74. The highest BCUT2D eigenvalue weighted by molar-refractivity contribution is 6.21. The average Bonchev–Trinajstić information content (AvgIpc) is 3.20. The number of phenolic OH excluding ortho intramolecular Hbond substituents is 1. The number of carbonyl (C=O) groups excluding carboxylic acids is 4. The fraction of sp³-hybridized carbons (Fsp3) is 0.200. The fourth-order valence-electron chi connectivity index (χ4n) is 5.10. The van der Waals surface area contributed by atoms with Gasteiger partial charge in [0.2, 0.25) is 11.8 Å².